The predicted octanol–water partition coefficient (Wildman–Crippen LogP) is 2.17. The first-order chi connectivity index (χ1) is 10.1. The predicted molar refractivity (Wildman–Crippen MR) is 85.4 cm³/mol. The van der Waals surface area contributed by atoms with Gasteiger partial charge < -0.3 is 4.57 Å². The molecule has 0 aliphatic heterocycles. The van der Waals surface area contributed by atoms with Gasteiger partial charge in [-0.05, 0) is 32.3 Å². The monoisotopic (exact) mass is 324 g/mol. The van der Waals surface area contributed by atoms with Crippen molar-refractivity contribution in [2.75, 3.05) is 0 Å². The van der Waals surface area contributed by atoms with Crippen molar-refractivity contribution in [3.8, 4) is 0 Å². The van der Waals surface area contributed by atoms with Gasteiger partial charge in [0, 0.05) is 25.5 Å². The van der Waals surface area contributed by atoms with Crippen molar-refractivity contribution in [2.45, 2.75) is 52.1 Å². The van der Waals surface area contributed by atoms with Gasteiger partial charge in [0.25, 0.3) is 0 Å². The lowest BCUT2D eigenvalue weighted by Crippen LogP contribution is -2.16. The smallest absolute Gasteiger partial charge is 0.228 e. The summed E-state index contributed by atoms with van der Waals surface area (Å²) >= 11 is 0. The van der Waals surface area contributed by atoms with Crippen LogP contribution in [0, 0.1) is 26.7 Å². The second-order valence-electron chi connectivity index (χ2n) is 6.26. The van der Waals surface area contributed by atoms with Crippen LogP contribution < -0.4 is 0 Å². The highest BCUT2D eigenvalue weighted by atomic mass is 32.2. The van der Waals surface area contributed by atoms with E-state index in [1.807, 2.05) is 31.5 Å². The Bertz CT molecular complexity index is 785. The lowest BCUT2D eigenvalue weighted by atomic mass is 10.2. The molecule has 22 heavy (non-hydrogen) atoms. The Morgan fingerprint density at radius 2 is 1.86 bits per heavy atom. The van der Waals surface area contributed by atoms with Crippen LogP contribution in [0.15, 0.2) is 11.4 Å². The molecule has 2 heterocycles. The molecule has 0 saturated heterocycles. The summed E-state index contributed by atoms with van der Waals surface area (Å²) in [5, 5.41) is 4.40. The van der Waals surface area contributed by atoms with Crippen molar-refractivity contribution < 1.29 is 8.42 Å². The normalized spacial score (nSPS) is 12.3. The minimum atomic E-state index is -3.52. The summed E-state index contributed by atoms with van der Waals surface area (Å²) in [6, 6.07) is 0. The zero-order valence-electron chi connectivity index (χ0n) is 14.1. The number of aromatic nitrogens is 4. The van der Waals surface area contributed by atoms with Crippen LogP contribution in [0.5, 0.6) is 0 Å². The highest BCUT2D eigenvalue weighted by Gasteiger charge is 2.26. The molecule has 0 aliphatic rings. The van der Waals surface area contributed by atoms with Crippen molar-refractivity contribution in [2.24, 2.45) is 13.0 Å². The molecule has 0 fully saturated rings. The summed E-state index contributed by atoms with van der Waals surface area (Å²) in [7, 11) is -1.74. The van der Waals surface area contributed by atoms with E-state index in [1.165, 1.54) is 0 Å². The fourth-order valence-electron chi connectivity index (χ4n) is 2.48. The van der Waals surface area contributed by atoms with E-state index in [2.05, 4.69) is 23.9 Å². The molecule has 122 valence electrons. The van der Waals surface area contributed by atoms with E-state index in [9.17, 15) is 8.42 Å². The van der Waals surface area contributed by atoms with Crippen molar-refractivity contribution in [3.63, 3.8) is 0 Å². The zero-order valence-corrected chi connectivity index (χ0v) is 14.9. The van der Waals surface area contributed by atoms with Gasteiger partial charge in [-0.1, -0.05) is 13.8 Å². The van der Waals surface area contributed by atoms with Gasteiger partial charge in [0.1, 0.15) is 5.75 Å². The minimum Gasteiger partial charge on any atom is -0.319 e. The molecule has 2 rings (SSSR count). The molecule has 0 spiro atoms. The van der Waals surface area contributed by atoms with E-state index in [-0.39, 0.29) is 10.9 Å². The first-order valence-electron chi connectivity index (χ1n) is 7.37. The second kappa shape index (κ2) is 5.87. The number of rotatable bonds is 5. The van der Waals surface area contributed by atoms with Gasteiger partial charge in [0.2, 0.25) is 15.0 Å². The van der Waals surface area contributed by atoms with Crippen LogP contribution in [-0.2, 0) is 29.2 Å². The molecule has 0 radical (unpaired) electrons. The van der Waals surface area contributed by atoms with Crippen LogP contribution in [0.25, 0.3) is 0 Å². The van der Waals surface area contributed by atoms with Crippen LogP contribution in [-0.4, -0.2) is 27.7 Å². The molecule has 0 N–H and O–H groups in total. The number of hydrogen-bond acceptors (Lipinski definition) is 4. The summed E-state index contributed by atoms with van der Waals surface area (Å²) in [6.07, 6.45) is 1.82. The summed E-state index contributed by atoms with van der Waals surface area (Å²) in [6.45, 7) is 10.4. The van der Waals surface area contributed by atoms with Gasteiger partial charge in [0.15, 0.2) is 0 Å². The Morgan fingerprint density at radius 3 is 2.36 bits per heavy atom. The van der Waals surface area contributed by atoms with Gasteiger partial charge in [-0.15, -0.1) is 0 Å². The molecule has 0 aliphatic carbocycles. The third kappa shape index (κ3) is 3.24. The van der Waals surface area contributed by atoms with E-state index in [4.69, 9.17) is 0 Å². The molecule has 7 heteroatoms. The molecule has 6 nitrogen and oxygen atoms in total. The fraction of sp³-hybridized carbons (Fsp3) is 0.600. The molecular formula is C15H24N4O2S. The molecule has 0 atom stereocenters. The van der Waals surface area contributed by atoms with Crippen LogP contribution in [0.1, 0.15) is 36.5 Å². The van der Waals surface area contributed by atoms with Gasteiger partial charge in [-0.25, -0.2) is 13.4 Å². The second-order valence-corrected chi connectivity index (χ2v) is 8.14. The largest absolute Gasteiger partial charge is 0.319 e. The van der Waals surface area contributed by atoms with Gasteiger partial charge in [0.05, 0.1) is 11.4 Å². The molecule has 0 saturated carbocycles. The van der Waals surface area contributed by atoms with Crippen molar-refractivity contribution in [1.82, 2.24) is 19.3 Å². The van der Waals surface area contributed by atoms with Crippen molar-refractivity contribution in [3.05, 3.63) is 28.8 Å². The van der Waals surface area contributed by atoms with E-state index in [1.54, 1.807) is 11.7 Å². The number of imidazole rings is 1. The standard InChI is InChI=1S/C15H24N4O2S/c1-10(2)7-19-13(5)12(4)16-15(19)22(20,21)9-14-11(3)8-18(6)17-14/h8,10H,7,9H2,1-6H3. The van der Waals surface area contributed by atoms with Gasteiger partial charge in [-0.2, -0.15) is 5.10 Å². The average molecular weight is 324 g/mol. The molecule has 0 bridgehead atoms. The Morgan fingerprint density at radius 1 is 1.23 bits per heavy atom. The maximum Gasteiger partial charge on any atom is 0.228 e. The van der Waals surface area contributed by atoms with E-state index in [0.717, 1.165) is 17.0 Å². The van der Waals surface area contributed by atoms with E-state index < -0.39 is 9.84 Å². The molecule has 0 amide bonds. The molecule has 0 aromatic carbocycles. The lowest BCUT2D eigenvalue weighted by molar-refractivity contribution is 0.475. The molecule has 2 aromatic rings. The average Bonchev–Trinajstić information content (AvgIpc) is 2.82. The topological polar surface area (TPSA) is 69.8 Å². The van der Waals surface area contributed by atoms with Crippen molar-refractivity contribution in [1.29, 1.82) is 0 Å². The van der Waals surface area contributed by atoms with Crippen molar-refractivity contribution >= 4 is 9.84 Å². The molecule has 0 unspecified atom stereocenters. The van der Waals surface area contributed by atoms with Gasteiger partial charge in [-0.3, -0.25) is 4.68 Å². The van der Waals surface area contributed by atoms with E-state index in [0.29, 0.717) is 18.2 Å². The summed E-state index contributed by atoms with van der Waals surface area (Å²) in [5.74, 6) is 0.228. The van der Waals surface area contributed by atoms with E-state index >= 15 is 0 Å². The number of aryl methyl sites for hydroxylation is 3. The fourth-order valence-corrected chi connectivity index (χ4v) is 4.08. The Kier molecular flexibility index (Phi) is 4.47. The SMILES string of the molecule is Cc1cn(C)nc1CS(=O)(=O)c1nc(C)c(C)n1CC(C)C. The minimum absolute atomic E-state index is 0.117. The third-order valence-corrected chi connectivity index (χ3v) is 5.21. The summed E-state index contributed by atoms with van der Waals surface area (Å²) in [4.78, 5) is 4.31. The Hall–Kier alpha value is -1.63. The van der Waals surface area contributed by atoms with Crippen LogP contribution in [0.2, 0.25) is 0 Å². The summed E-state index contributed by atoms with van der Waals surface area (Å²) < 4.78 is 29.0. The lowest BCUT2D eigenvalue weighted by Gasteiger charge is -2.12. The number of sulfone groups is 1. The first-order valence-corrected chi connectivity index (χ1v) is 9.02. The van der Waals surface area contributed by atoms with Gasteiger partial charge >= 0.3 is 0 Å². The molecule has 2 aromatic heterocycles. The maximum absolute atomic E-state index is 12.8. The first kappa shape index (κ1) is 16.7. The van der Waals surface area contributed by atoms with Crippen LogP contribution in [0.4, 0.5) is 0 Å². The number of hydrogen-bond donors (Lipinski definition) is 0. The van der Waals surface area contributed by atoms with Crippen LogP contribution in [0.3, 0.4) is 0 Å². The third-order valence-electron chi connectivity index (χ3n) is 3.69. The maximum atomic E-state index is 12.8. The van der Waals surface area contributed by atoms with Crippen LogP contribution >= 0.6 is 0 Å². The Labute approximate surface area is 132 Å². The quantitative estimate of drug-likeness (QED) is 0.845. The highest BCUT2D eigenvalue weighted by molar-refractivity contribution is 7.90. The highest BCUT2D eigenvalue weighted by Crippen LogP contribution is 2.21. The Balaban J connectivity index is 2.45. The summed E-state index contributed by atoms with van der Waals surface area (Å²) in [5.41, 5.74) is 3.13. The molecular weight excluding hydrogens is 300 g/mol. The number of nitrogens with zero attached hydrogens (tertiary/aromatic N) is 4. The zero-order chi connectivity index (χ0) is 16.7.